The standard InChI is InChI=1S/C14H19N3O2/c1-17-9-8-16-13(17)7-6-11(18)10-4-3-5-12(19-2)14(10)15/h3-5,8-9,11,18H,6-7,15H2,1-2H3. The number of nitrogens with zero attached hydrogens (tertiary/aromatic N) is 2. The molecule has 2 rings (SSSR count). The Hall–Kier alpha value is -2.01. The first kappa shape index (κ1) is 13.4. The summed E-state index contributed by atoms with van der Waals surface area (Å²) in [7, 11) is 3.50. The molecule has 3 N–H and O–H groups in total. The number of nitrogen functional groups attached to an aromatic ring is 1. The van der Waals surface area contributed by atoms with E-state index in [0.717, 1.165) is 5.82 Å². The Balaban J connectivity index is 2.08. The van der Waals surface area contributed by atoms with Crippen molar-refractivity contribution in [3.63, 3.8) is 0 Å². The van der Waals surface area contributed by atoms with E-state index >= 15 is 0 Å². The molecule has 0 spiro atoms. The smallest absolute Gasteiger partial charge is 0.142 e. The lowest BCUT2D eigenvalue weighted by Crippen LogP contribution is -2.07. The van der Waals surface area contributed by atoms with E-state index in [1.54, 1.807) is 19.4 Å². The highest BCUT2D eigenvalue weighted by Gasteiger charge is 2.14. The molecule has 19 heavy (non-hydrogen) atoms. The minimum atomic E-state index is -0.619. The van der Waals surface area contributed by atoms with E-state index in [4.69, 9.17) is 10.5 Å². The van der Waals surface area contributed by atoms with Crippen molar-refractivity contribution in [2.24, 2.45) is 7.05 Å². The lowest BCUT2D eigenvalue weighted by atomic mass is 10.0. The van der Waals surface area contributed by atoms with Crippen LogP contribution in [0.2, 0.25) is 0 Å². The molecule has 2 aromatic rings. The van der Waals surface area contributed by atoms with Gasteiger partial charge in [-0.15, -0.1) is 0 Å². The molecule has 1 aromatic carbocycles. The number of methoxy groups -OCH3 is 1. The topological polar surface area (TPSA) is 73.3 Å². The van der Waals surface area contributed by atoms with Gasteiger partial charge in [0.25, 0.3) is 0 Å². The zero-order chi connectivity index (χ0) is 13.8. The summed E-state index contributed by atoms with van der Waals surface area (Å²) in [6.45, 7) is 0. The van der Waals surface area contributed by atoms with E-state index in [2.05, 4.69) is 4.98 Å². The summed E-state index contributed by atoms with van der Waals surface area (Å²) < 4.78 is 7.10. The summed E-state index contributed by atoms with van der Waals surface area (Å²) in [5, 5.41) is 10.2. The number of nitrogens with two attached hydrogens (primary N) is 1. The van der Waals surface area contributed by atoms with Crippen LogP contribution in [0.4, 0.5) is 5.69 Å². The number of aliphatic hydroxyl groups is 1. The van der Waals surface area contributed by atoms with Crippen molar-refractivity contribution in [2.45, 2.75) is 18.9 Å². The number of ether oxygens (including phenoxy) is 1. The predicted octanol–water partition coefficient (Wildman–Crippen LogP) is 1.68. The molecule has 1 unspecified atom stereocenters. The molecule has 0 fully saturated rings. The fraction of sp³-hybridized carbons (Fsp3) is 0.357. The van der Waals surface area contributed by atoms with Crippen LogP contribution >= 0.6 is 0 Å². The molecule has 1 atom stereocenters. The molecular weight excluding hydrogens is 242 g/mol. The molecule has 5 nitrogen and oxygen atoms in total. The monoisotopic (exact) mass is 261 g/mol. The number of aryl methyl sites for hydroxylation is 2. The van der Waals surface area contributed by atoms with Crippen LogP contribution in [-0.2, 0) is 13.5 Å². The first-order valence-corrected chi connectivity index (χ1v) is 6.20. The fourth-order valence-corrected chi connectivity index (χ4v) is 2.09. The van der Waals surface area contributed by atoms with Gasteiger partial charge in [0.2, 0.25) is 0 Å². The molecule has 0 amide bonds. The van der Waals surface area contributed by atoms with E-state index in [1.807, 2.05) is 29.9 Å². The van der Waals surface area contributed by atoms with Crippen LogP contribution in [0.5, 0.6) is 5.75 Å². The van der Waals surface area contributed by atoms with Crippen LogP contribution in [0.1, 0.15) is 23.9 Å². The van der Waals surface area contributed by atoms with E-state index in [1.165, 1.54) is 0 Å². The molecule has 1 aromatic heterocycles. The maximum Gasteiger partial charge on any atom is 0.142 e. The summed E-state index contributed by atoms with van der Waals surface area (Å²) in [6.07, 6.45) is 4.29. The highest BCUT2D eigenvalue weighted by Crippen LogP contribution is 2.31. The number of rotatable bonds is 5. The Bertz CT molecular complexity index is 551. The maximum absolute atomic E-state index is 10.2. The summed E-state index contributed by atoms with van der Waals surface area (Å²) in [6, 6.07) is 5.43. The fourth-order valence-electron chi connectivity index (χ4n) is 2.09. The quantitative estimate of drug-likeness (QED) is 0.803. The molecular formula is C14H19N3O2. The lowest BCUT2D eigenvalue weighted by molar-refractivity contribution is 0.167. The Morgan fingerprint density at radius 1 is 1.47 bits per heavy atom. The third-order valence-corrected chi connectivity index (χ3v) is 3.24. The van der Waals surface area contributed by atoms with Gasteiger partial charge >= 0.3 is 0 Å². The molecule has 0 aliphatic heterocycles. The van der Waals surface area contributed by atoms with Crippen molar-refractivity contribution in [2.75, 3.05) is 12.8 Å². The minimum absolute atomic E-state index is 0.498. The number of aromatic nitrogens is 2. The van der Waals surface area contributed by atoms with E-state index in [0.29, 0.717) is 29.8 Å². The van der Waals surface area contributed by atoms with Crippen LogP contribution in [0.25, 0.3) is 0 Å². The number of aliphatic hydroxyl groups excluding tert-OH is 1. The summed E-state index contributed by atoms with van der Waals surface area (Å²) in [4.78, 5) is 4.23. The second kappa shape index (κ2) is 5.75. The molecule has 0 saturated heterocycles. The van der Waals surface area contributed by atoms with Crippen molar-refractivity contribution >= 4 is 5.69 Å². The van der Waals surface area contributed by atoms with Crippen LogP contribution in [0.3, 0.4) is 0 Å². The van der Waals surface area contributed by atoms with Gasteiger partial charge in [-0.1, -0.05) is 12.1 Å². The number of para-hydroxylation sites is 1. The first-order valence-electron chi connectivity index (χ1n) is 6.20. The molecule has 0 aliphatic rings. The second-order valence-corrected chi connectivity index (χ2v) is 4.47. The van der Waals surface area contributed by atoms with E-state index < -0.39 is 6.10 Å². The van der Waals surface area contributed by atoms with E-state index in [9.17, 15) is 5.11 Å². The van der Waals surface area contributed by atoms with E-state index in [-0.39, 0.29) is 0 Å². The van der Waals surface area contributed by atoms with Gasteiger partial charge in [0.05, 0.1) is 18.9 Å². The third-order valence-electron chi connectivity index (χ3n) is 3.24. The molecule has 5 heteroatoms. The Labute approximate surface area is 112 Å². The SMILES string of the molecule is COc1cccc(C(O)CCc2nccn2C)c1N. The van der Waals surface area contributed by atoms with Crippen LogP contribution in [0.15, 0.2) is 30.6 Å². The number of imidazole rings is 1. The average Bonchev–Trinajstić information content (AvgIpc) is 2.82. The van der Waals surface area contributed by atoms with Crippen LogP contribution in [0, 0.1) is 0 Å². The van der Waals surface area contributed by atoms with Crippen molar-refractivity contribution in [3.8, 4) is 5.75 Å². The number of hydrogen-bond donors (Lipinski definition) is 2. The van der Waals surface area contributed by atoms with Crippen LogP contribution in [-0.4, -0.2) is 21.8 Å². The molecule has 0 saturated carbocycles. The van der Waals surface area contributed by atoms with Crippen LogP contribution < -0.4 is 10.5 Å². The predicted molar refractivity (Wildman–Crippen MR) is 73.9 cm³/mol. The van der Waals surface area contributed by atoms with Gasteiger partial charge in [-0.05, 0) is 12.5 Å². The van der Waals surface area contributed by atoms with Gasteiger partial charge in [0, 0.05) is 31.4 Å². The van der Waals surface area contributed by atoms with Gasteiger partial charge in [-0.3, -0.25) is 0 Å². The lowest BCUT2D eigenvalue weighted by Gasteiger charge is -2.15. The molecule has 1 heterocycles. The highest BCUT2D eigenvalue weighted by atomic mass is 16.5. The Morgan fingerprint density at radius 3 is 2.89 bits per heavy atom. The van der Waals surface area contributed by atoms with Gasteiger partial charge < -0.3 is 20.1 Å². The Kier molecular flexibility index (Phi) is 4.06. The highest BCUT2D eigenvalue weighted by molar-refractivity contribution is 5.59. The third kappa shape index (κ3) is 2.88. The number of benzene rings is 1. The zero-order valence-electron chi connectivity index (χ0n) is 11.2. The minimum Gasteiger partial charge on any atom is -0.495 e. The normalized spacial score (nSPS) is 12.4. The molecule has 0 aliphatic carbocycles. The van der Waals surface area contributed by atoms with Crippen molar-refractivity contribution in [1.82, 2.24) is 9.55 Å². The number of anilines is 1. The van der Waals surface area contributed by atoms with Gasteiger partial charge in [0.1, 0.15) is 11.6 Å². The zero-order valence-corrected chi connectivity index (χ0v) is 11.2. The summed E-state index contributed by atoms with van der Waals surface area (Å²) in [5.74, 6) is 1.54. The van der Waals surface area contributed by atoms with Crippen molar-refractivity contribution in [3.05, 3.63) is 42.0 Å². The average molecular weight is 261 g/mol. The Morgan fingerprint density at radius 2 is 2.26 bits per heavy atom. The largest absolute Gasteiger partial charge is 0.495 e. The number of hydrogen-bond acceptors (Lipinski definition) is 4. The second-order valence-electron chi connectivity index (χ2n) is 4.47. The molecule has 0 bridgehead atoms. The summed E-state index contributed by atoms with van der Waals surface area (Å²) in [5.41, 5.74) is 7.17. The molecule has 102 valence electrons. The van der Waals surface area contributed by atoms with Gasteiger partial charge in [0.15, 0.2) is 0 Å². The maximum atomic E-state index is 10.2. The molecule has 0 radical (unpaired) electrons. The first-order chi connectivity index (χ1) is 9.13. The van der Waals surface area contributed by atoms with Gasteiger partial charge in [-0.25, -0.2) is 4.98 Å². The van der Waals surface area contributed by atoms with Crippen molar-refractivity contribution < 1.29 is 9.84 Å². The summed E-state index contributed by atoms with van der Waals surface area (Å²) >= 11 is 0. The van der Waals surface area contributed by atoms with Gasteiger partial charge in [-0.2, -0.15) is 0 Å². The van der Waals surface area contributed by atoms with Crippen molar-refractivity contribution in [1.29, 1.82) is 0 Å².